The van der Waals surface area contributed by atoms with Crippen molar-refractivity contribution >= 4 is 5.97 Å². The van der Waals surface area contributed by atoms with Crippen LogP contribution in [0.3, 0.4) is 0 Å². The summed E-state index contributed by atoms with van der Waals surface area (Å²) >= 11 is 0. The van der Waals surface area contributed by atoms with Crippen LogP contribution in [0, 0.1) is 6.92 Å². The first kappa shape index (κ1) is 19.2. The lowest BCUT2D eigenvalue weighted by atomic mass is 10.1. The number of ether oxygens (including phenoxy) is 2. The highest BCUT2D eigenvalue weighted by molar-refractivity contribution is 5.73. The van der Waals surface area contributed by atoms with Crippen LogP contribution in [0.15, 0.2) is 12.1 Å². The predicted octanol–water partition coefficient (Wildman–Crippen LogP) is 1.57. The Bertz CT molecular complexity index is 423. The number of aryl methyl sites for hydroxylation is 1. The van der Waals surface area contributed by atoms with Crippen LogP contribution in [0.5, 0.6) is 11.5 Å². The molecule has 1 aromatic rings. The van der Waals surface area contributed by atoms with Crippen LogP contribution in [0.1, 0.15) is 25.0 Å². The van der Waals surface area contributed by atoms with Crippen molar-refractivity contribution in [2.45, 2.75) is 33.4 Å². The zero-order valence-electron chi connectivity index (χ0n) is 13.3. The van der Waals surface area contributed by atoms with Gasteiger partial charge in [-0.1, -0.05) is 13.8 Å². The molecule has 0 aliphatic rings. The summed E-state index contributed by atoms with van der Waals surface area (Å²) in [6.07, 6.45) is 0. The van der Waals surface area contributed by atoms with E-state index in [1.165, 1.54) is 0 Å². The van der Waals surface area contributed by atoms with Crippen molar-refractivity contribution in [3.05, 3.63) is 23.3 Å². The smallest absolute Gasteiger partial charge is 0.323 e. The minimum absolute atomic E-state index is 0.226. The number of carboxylic acid groups (broad SMARTS) is 1. The highest BCUT2D eigenvalue weighted by atomic mass is 16.5. The van der Waals surface area contributed by atoms with Crippen molar-refractivity contribution < 1.29 is 24.5 Å². The largest absolute Gasteiger partial charge is 0.496 e. The van der Waals surface area contributed by atoms with Gasteiger partial charge < -0.3 is 19.7 Å². The standard InChI is InChI=1S/C13H19NO5.C2H6/c1-8-4-11(18-2)9(12(5-8)19-3)6-14-10(7-15)13(16)17;1-2/h4-5,10,14-15H,6-7H2,1-3H3,(H,16,17);1-2H3. The summed E-state index contributed by atoms with van der Waals surface area (Å²) in [5, 5.41) is 20.6. The van der Waals surface area contributed by atoms with Crippen molar-refractivity contribution in [3.63, 3.8) is 0 Å². The molecule has 120 valence electrons. The van der Waals surface area contributed by atoms with Gasteiger partial charge in [0, 0.05) is 12.1 Å². The number of aliphatic hydroxyl groups is 1. The van der Waals surface area contributed by atoms with Crippen LogP contribution in [0.2, 0.25) is 0 Å². The number of benzene rings is 1. The number of carboxylic acids is 1. The molecule has 6 heteroatoms. The van der Waals surface area contributed by atoms with E-state index in [2.05, 4.69) is 5.32 Å². The average molecular weight is 299 g/mol. The van der Waals surface area contributed by atoms with E-state index in [9.17, 15) is 4.79 Å². The summed E-state index contributed by atoms with van der Waals surface area (Å²) in [4.78, 5) is 10.8. The zero-order chi connectivity index (χ0) is 16.4. The minimum Gasteiger partial charge on any atom is -0.496 e. The normalized spacial score (nSPS) is 11.1. The molecule has 0 saturated carbocycles. The van der Waals surface area contributed by atoms with Crippen molar-refractivity contribution in [1.82, 2.24) is 5.32 Å². The van der Waals surface area contributed by atoms with Crippen LogP contribution in [-0.4, -0.2) is 43.1 Å². The van der Waals surface area contributed by atoms with Gasteiger partial charge in [0.25, 0.3) is 0 Å². The van der Waals surface area contributed by atoms with Crippen molar-refractivity contribution in [2.75, 3.05) is 20.8 Å². The lowest BCUT2D eigenvalue weighted by Crippen LogP contribution is -2.39. The molecule has 0 aliphatic carbocycles. The minimum atomic E-state index is -1.10. The van der Waals surface area contributed by atoms with Gasteiger partial charge >= 0.3 is 5.97 Å². The van der Waals surface area contributed by atoms with E-state index in [0.29, 0.717) is 11.5 Å². The number of aliphatic hydroxyl groups excluding tert-OH is 1. The summed E-state index contributed by atoms with van der Waals surface area (Å²) < 4.78 is 10.5. The molecule has 0 fully saturated rings. The molecule has 1 rings (SSSR count). The SMILES string of the molecule is CC.COc1cc(C)cc(OC)c1CNC(CO)C(=O)O. The Morgan fingerprint density at radius 2 is 1.71 bits per heavy atom. The molecule has 21 heavy (non-hydrogen) atoms. The van der Waals surface area contributed by atoms with Gasteiger partial charge in [-0.25, -0.2) is 0 Å². The van der Waals surface area contributed by atoms with Gasteiger partial charge in [0.15, 0.2) is 0 Å². The maximum atomic E-state index is 10.8. The highest BCUT2D eigenvalue weighted by Gasteiger charge is 2.18. The Balaban J connectivity index is 0.00000191. The summed E-state index contributed by atoms with van der Waals surface area (Å²) in [6, 6.07) is 2.67. The molecule has 0 spiro atoms. The molecule has 3 N–H and O–H groups in total. The van der Waals surface area contributed by atoms with E-state index in [0.717, 1.165) is 11.1 Å². The second kappa shape index (κ2) is 10.0. The molecular formula is C15H25NO5. The molecule has 1 aromatic carbocycles. The number of hydrogen-bond donors (Lipinski definition) is 3. The third-order valence-electron chi connectivity index (χ3n) is 2.76. The third kappa shape index (κ3) is 5.61. The predicted molar refractivity (Wildman–Crippen MR) is 81.0 cm³/mol. The number of methoxy groups -OCH3 is 2. The quantitative estimate of drug-likeness (QED) is 0.708. The van der Waals surface area contributed by atoms with Crippen LogP contribution in [0.4, 0.5) is 0 Å². The molecule has 0 heterocycles. The molecular weight excluding hydrogens is 274 g/mol. The van der Waals surface area contributed by atoms with E-state index in [1.54, 1.807) is 14.2 Å². The maximum absolute atomic E-state index is 10.8. The van der Waals surface area contributed by atoms with Gasteiger partial charge in [0.2, 0.25) is 0 Å². The lowest BCUT2D eigenvalue weighted by Gasteiger charge is -2.17. The molecule has 0 amide bonds. The Morgan fingerprint density at radius 1 is 1.24 bits per heavy atom. The molecule has 0 aromatic heterocycles. The Kier molecular flexibility index (Phi) is 9.16. The highest BCUT2D eigenvalue weighted by Crippen LogP contribution is 2.30. The molecule has 0 aliphatic heterocycles. The summed E-state index contributed by atoms with van der Waals surface area (Å²) in [7, 11) is 3.08. The number of aliphatic carboxylic acids is 1. The third-order valence-corrected chi connectivity index (χ3v) is 2.76. The number of carbonyl (C=O) groups is 1. The second-order valence-electron chi connectivity index (χ2n) is 4.10. The fourth-order valence-corrected chi connectivity index (χ4v) is 1.74. The van der Waals surface area contributed by atoms with Gasteiger partial charge in [-0.05, 0) is 24.6 Å². The summed E-state index contributed by atoms with van der Waals surface area (Å²) in [5.41, 5.74) is 1.70. The Hall–Kier alpha value is -1.79. The van der Waals surface area contributed by atoms with E-state index in [4.69, 9.17) is 19.7 Å². The summed E-state index contributed by atoms with van der Waals surface area (Å²) in [6.45, 7) is 5.66. The monoisotopic (exact) mass is 299 g/mol. The van der Waals surface area contributed by atoms with Crippen molar-refractivity contribution in [3.8, 4) is 11.5 Å². The van der Waals surface area contributed by atoms with Crippen molar-refractivity contribution in [2.24, 2.45) is 0 Å². The molecule has 6 nitrogen and oxygen atoms in total. The number of rotatable bonds is 7. The van der Waals surface area contributed by atoms with Crippen LogP contribution in [0.25, 0.3) is 0 Å². The Morgan fingerprint density at radius 3 is 2.05 bits per heavy atom. The van der Waals surface area contributed by atoms with Gasteiger partial charge in [0.1, 0.15) is 17.5 Å². The number of nitrogens with one attached hydrogen (secondary N) is 1. The molecule has 1 unspecified atom stereocenters. The maximum Gasteiger partial charge on any atom is 0.323 e. The van der Waals surface area contributed by atoms with Crippen LogP contribution < -0.4 is 14.8 Å². The zero-order valence-corrected chi connectivity index (χ0v) is 13.3. The fraction of sp³-hybridized carbons (Fsp3) is 0.533. The van der Waals surface area contributed by atoms with Crippen molar-refractivity contribution in [1.29, 1.82) is 0 Å². The summed E-state index contributed by atoms with van der Waals surface area (Å²) in [5.74, 6) is 0.130. The van der Waals surface area contributed by atoms with Crippen LogP contribution >= 0.6 is 0 Å². The van der Waals surface area contributed by atoms with Gasteiger partial charge in [-0.3, -0.25) is 10.1 Å². The van der Waals surface area contributed by atoms with Gasteiger partial charge in [0.05, 0.1) is 20.8 Å². The second-order valence-corrected chi connectivity index (χ2v) is 4.10. The molecule has 0 radical (unpaired) electrons. The lowest BCUT2D eigenvalue weighted by molar-refractivity contribution is -0.140. The van der Waals surface area contributed by atoms with E-state index < -0.39 is 18.6 Å². The van der Waals surface area contributed by atoms with Gasteiger partial charge in [-0.2, -0.15) is 0 Å². The van der Waals surface area contributed by atoms with E-state index in [-0.39, 0.29) is 6.54 Å². The molecule has 0 bridgehead atoms. The molecule has 1 atom stereocenters. The first-order valence-corrected chi connectivity index (χ1v) is 6.82. The number of hydrogen-bond acceptors (Lipinski definition) is 5. The van der Waals surface area contributed by atoms with E-state index >= 15 is 0 Å². The van der Waals surface area contributed by atoms with Gasteiger partial charge in [-0.15, -0.1) is 0 Å². The topological polar surface area (TPSA) is 88.0 Å². The first-order valence-electron chi connectivity index (χ1n) is 6.82. The average Bonchev–Trinajstić information content (AvgIpc) is 2.49. The Labute approximate surface area is 125 Å². The molecule has 0 saturated heterocycles. The van der Waals surface area contributed by atoms with Crippen LogP contribution in [-0.2, 0) is 11.3 Å². The van der Waals surface area contributed by atoms with E-state index in [1.807, 2.05) is 32.9 Å². The first-order chi connectivity index (χ1) is 10.0. The fourth-order valence-electron chi connectivity index (χ4n) is 1.74.